The molecule has 0 aromatic rings. The maximum atomic E-state index is 13.2. The van der Waals surface area contributed by atoms with E-state index in [1.54, 1.807) is 0 Å². The van der Waals surface area contributed by atoms with E-state index < -0.39 is 35.0 Å². The fraction of sp³-hybridized carbons (Fsp3) is 0.929. The molecule has 12 heteroatoms. The molecule has 1 amide bonds. The topological polar surface area (TPSA) is 164 Å². The number of carboxylic acids is 1. The Kier molecular flexibility index (Phi) is 12.6. The summed E-state index contributed by atoms with van der Waals surface area (Å²) in [7, 11) is 0. The SMILES string of the molecule is O=C(O)C1CC(O)CCC1C(=O)NC1CCCC(S(=O)OC2CCCC(NOCC3CCCCC3COO)C2)C1. The van der Waals surface area contributed by atoms with E-state index in [1.807, 2.05) is 0 Å². The van der Waals surface area contributed by atoms with E-state index in [4.69, 9.17) is 14.3 Å². The zero-order chi connectivity index (χ0) is 28.5. The summed E-state index contributed by atoms with van der Waals surface area (Å²) in [6.07, 6.45) is 10.9. The third kappa shape index (κ3) is 9.17. The van der Waals surface area contributed by atoms with E-state index in [9.17, 15) is 24.0 Å². The van der Waals surface area contributed by atoms with E-state index in [2.05, 4.69) is 15.7 Å². The highest BCUT2D eigenvalue weighted by molar-refractivity contribution is 7.80. The lowest BCUT2D eigenvalue weighted by Crippen LogP contribution is -2.48. The van der Waals surface area contributed by atoms with Crippen LogP contribution < -0.4 is 10.8 Å². The Morgan fingerprint density at radius 1 is 0.800 bits per heavy atom. The van der Waals surface area contributed by atoms with Crippen LogP contribution in [0.25, 0.3) is 0 Å². The highest BCUT2D eigenvalue weighted by atomic mass is 32.2. The van der Waals surface area contributed by atoms with E-state index in [0.717, 1.165) is 64.2 Å². The predicted octanol–water partition coefficient (Wildman–Crippen LogP) is 3.08. The summed E-state index contributed by atoms with van der Waals surface area (Å²) in [6, 6.07) is -0.0319. The highest BCUT2D eigenvalue weighted by Gasteiger charge is 2.40. The van der Waals surface area contributed by atoms with Crippen molar-refractivity contribution in [2.75, 3.05) is 13.2 Å². The number of amides is 1. The second-order valence-electron chi connectivity index (χ2n) is 12.4. The number of nitrogens with one attached hydrogen (secondary N) is 2. The van der Waals surface area contributed by atoms with Gasteiger partial charge in [0.1, 0.15) is 0 Å². The Bertz CT molecular complexity index is 847. The molecule has 40 heavy (non-hydrogen) atoms. The maximum Gasteiger partial charge on any atom is 0.307 e. The number of hydrogen-bond donors (Lipinski definition) is 5. The minimum absolute atomic E-state index is 0.0978. The molecule has 4 fully saturated rings. The first kappa shape index (κ1) is 31.8. The zero-order valence-electron chi connectivity index (χ0n) is 23.4. The van der Waals surface area contributed by atoms with E-state index in [1.165, 1.54) is 6.42 Å². The van der Waals surface area contributed by atoms with Gasteiger partial charge in [-0.1, -0.05) is 19.3 Å². The van der Waals surface area contributed by atoms with Crippen LogP contribution in [0.5, 0.6) is 0 Å². The van der Waals surface area contributed by atoms with Crippen LogP contribution in [-0.2, 0) is 34.6 Å². The largest absolute Gasteiger partial charge is 0.481 e. The number of carboxylic acid groups (broad SMARTS) is 1. The van der Waals surface area contributed by atoms with E-state index in [0.29, 0.717) is 44.3 Å². The Morgan fingerprint density at radius 2 is 1.52 bits per heavy atom. The highest BCUT2D eigenvalue weighted by Crippen LogP contribution is 2.33. The molecule has 4 aliphatic rings. The standard InChI is InChI=1S/C28H48N2O9S/c31-22-11-12-25(26(15-22)28(33)34)27(32)29-20-7-4-10-24(14-20)40(36)39-23-9-3-8-21(13-23)30-37-16-18-5-1-2-6-19(18)17-38-35/h18-26,30-31,35H,1-17H2,(H,29,32)(H,33,34). The Hall–Kier alpha value is -1.15. The molecule has 0 radical (unpaired) electrons. The number of aliphatic hydroxyl groups excluding tert-OH is 1. The smallest absolute Gasteiger partial charge is 0.307 e. The van der Waals surface area contributed by atoms with Gasteiger partial charge in [0.25, 0.3) is 0 Å². The average Bonchev–Trinajstić information content (AvgIpc) is 2.94. The first-order valence-electron chi connectivity index (χ1n) is 15.3. The maximum absolute atomic E-state index is 13.2. The number of rotatable bonds is 12. The minimum Gasteiger partial charge on any atom is -0.481 e. The molecular formula is C28H48N2O9S. The molecule has 11 nitrogen and oxygen atoms in total. The van der Waals surface area contributed by atoms with Gasteiger partial charge >= 0.3 is 5.97 Å². The summed E-state index contributed by atoms with van der Waals surface area (Å²) < 4.78 is 19.2. The van der Waals surface area contributed by atoms with Crippen LogP contribution in [0.4, 0.5) is 0 Å². The summed E-state index contributed by atoms with van der Waals surface area (Å²) in [5, 5.41) is 31.1. The fourth-order valence-corrected chi connectivity index (χ4v) is 8.49. The number of hydrogen-bond acceptors (Lipinski definition) is 9. The molecule has 10 unspecified atom stereocenters. The number of carbonyl (C=O) groups excluding carboxylic acids is 1. The summed E-state index contributed by atoms with van der Waals surface area (Å²) in [6.45, 7) is 0.921. The molecular weight excluding hydrogens is 540 g/mol. The Balaban J connectivity index is 1.19. The summed E-state index contributed by atoms with van der Waals surface area (Å²) in [4.78, 5) is 34.9. The number of carbonyl (C=O) groups is 2. The van der Waals surface area contributed by atoms with E-state index >= 15 is 0 Å². The van der Waals surface area contributed by atoms with Crippen LogP contribution in [-0.4, -0.2) is 74.3 Å². The van der Waals surface area contributed by atoms with Crippen molar-refractivity contribution in [3.63, 3.8) is 0 Å². The van der Waals surface area contributed by atoms with Gasteiger partial charge in [-0.05, 0) is 88.9 Å². The molecule has 0 aromatic heterocycles. The van der Waals surface area contributed by atoms with Crippen molar-refractivity contribution in [3.8, 4) is 0 Å². The second kappa shape index (κ2) is 15.9. The molecule has 0 heterocycles. The van der Waals surface area contributed by atoms with Crippen LogP contribution in [0, 0.1) is 23.7 Å². The van der Waals surface area contributed by atoms with Crippen molar-refractivity contribution in [3.05, 3.63) is 0 Å². The Morgan fingerprint density at radius 3 is 2.27 bits per heavy atom. The monoisotopic (exact) mass is 588 g/mol. The second-order valence-corrected chi connectivity index (χ2v) is 13.8. The first-order chi connectivity index (χ1) is 19.3. The lowest BCUT2D eigenvalue weighted by atomic mass is 9.77. The molecule has 4 aliphatic carbocycles. The van der Waals surface area contributed by atoms with Crippen molar-refractivity contribution < 1.29 is 43.2 Å². The van der Waals surface area contributed by atoms with Crippen LogP contribution in [0.1, 0.15) is 96.3 Å². The first-order valence-corrected chi connectivity index (χ1v) is 16.4. The van der Waals surface area contributed by atoms with Gasteiger partial charge in [0.15, 0.2) is 11.1 Å². The molecule has 0 saturated heterocycles. The van der Waals surface area contributed by atoms with Crippen LogP contribution in [0.2, 0.25) is 0 Å². The van der Waals surface area contributed by atoms with Crippen molar-refractivity contribution in [1.29, 1.82) is 0 Å². The lowest BCUT2D eigenvalue weighted by Gasteiger charge is -2.35. The number of aliphatic hydroxyl groups is 1. The van der Waals surface area contributed by atoms with Crippen molar-refractivity contribution in [2.45, 2.75) is 126 Å². The van der Waals surface area contributed by atoms with Gasteiger partial charge in [0.2, 0.25) is 5.91 Å². The van der Waals surface area contributed by atoms with Gasteiger partial charge in [-0.3, -0.25) is 19.0 Å². The molecule has 230 valence electrons. The van der Waals surface area contributed by atoms with Crippen molar-refractivity contribution in [1.82, 2.24) is 10.8 Å². The fourth-order valence-electron chi connectivity index (χ4n) is 7.14. The van der Waals surface area contributed by atoms with Crippen molar-refractivity contribution in [2.24, 2.45) is 23.7 Å². The minimum atomic E-state index is -1.48. The van der Waals surface area contributed by atoms with Gasteiger partial charge < -0.3 is 20.4 Å². The molecule has 0 aliphatic heterocycles. The van der Waals surface area contributed by atoms with Gasteiger partial charge in [0.05, 0.1) is 42.5 Å². The molecule has 4 rings (SSSR count). The Labute approximate surface area is 239 Å². The molecule has 0 spiro atoms. The van der Waals surface area contributed by atoms with Crippen LogP contribution in [0.3, 0.4) is 0 Å². The summed E-state index contributed by atoms with van der Waals surface area (Å²) in [5.41, 5.74) is 3.20. The lowest BCUT2D eigenvalue weighted by molar-refractivity contribution is -0.256. The van der Waals surface area contributed by atoms with Crippen LogP contribution >= 0.6 is 0 Å². The average molecular weight is 589 g/mol. The molecule has 0 aromatic carbocycles. The molecule has 10 atom stereocenters. The van der Waals surface area contributed by atoms with E-state index in [-0.39, 0.29) is 35.8 Å². The quantitative estimate of drug-likeness (QED) is 0.169. The predicted molar refractivity (Wildman–Crippen MR) is 147 cm³/mol. The van der Waals surface area contributed by atoms with Gasteiger partial charge in [-0.25, -0.2) is 9.10 Å². The number of hydroxylamine groups is 1. The van der Waals surface area contributed by atoms with Crippen LogP contribution in [0.15, 0.2) is 0 Å². The molecule has 4 saturated carbocycles. The summed E-state index contributed by atoms with van der Waals surface area (Å²) in [5.74, 6) is -2.18. The summed E-state index contributed by atoms with van der Waals surface area (Å²) >= 11 is -1.48. The third-order valence-electron chi connectivity index (χ3n) is 9.48. The zero-order valence-corrected chi connectivity index (χ0v) is 24.2. The van der Waals surface area contributed by atoms with Gasteiger partial charge in [-0.15, -0.1) is 0 Å². The third-order valence-corrected chi connectivity index (χ3v) is 10.9. The van der Waals surface area contributed by atoms with Gasteiger partial charge in [-0.2, -0.15) is 5.48 Å². The van der Waals surface area contributed by atoms with Gasteiger partial charge in [0, 0.05) is 12.1 Å². The number of aliphatic carboxylic acids is 1. The molecule has 0 bridgehead atoms. The van der Waals surface area contributed by atoms with Crippen molar-refractivity contribution >= 4 is 23.0 Å². The normalized spacial score (nSPS) is 37.9. The molecule has 5 N–H and O–H groups in total.